The zero-order valence-corrected chi connectivity index (χ0v) is 15.7. The van der Waals surface area contributed by atoms with E-state index >= 15 is 0 Å². The number of hydrogen-bond donors (Lipinski definition) is 1. The van der Waals surface area contributed by atoms with Gasteiger partial charge in [0.2, 0.25) is 0 Å². The molecule has 0 heterocycles. The van der Waals surface area contributed by atoms with Gasteiger partial charge in [-0.25, -0.2) is 0 Å². The van der Waals surface area contributed by atoms with Crippen molar-refractivity contribution in [1.29, 1.82) is 0 Å². The van der Waals surface area contributed by atoms with Crippen molar-refractivity contribution >= 4 is 22.6 Å². The average molecular weight is 388 g/mol. The fraction of sp³-hybridized carbons (Fsp3) is 0.647. The van der Waals surface area contributed by atoms with Gasteiger partial charge in [-0.1, -0.05) is 32.9 Å². The minimum atomic E-state index is 0.221. The van der Waals surface area contributed by atoms with E-state index in [9.17, 15) is 0 Å². The molecule has 0 saturated carbocycles. The standard InChI is InChI=1S/C17H29IN2/c1-6-17(7-2,20(4)5)16(19-8-3)13-14-9-11-15(18)12-10-14/h9-12,16,19H,6-8,13H2,1-5H3. The van der Waals surface area contributed by atoms with Crippen LogP contribution in [-0.2, 0) is 6.42 Å². The second-order valence-corrected chi connectivity index (χ2v) is 6.89. The molecule has 0 radical (unpaired) electrons. The molecule has 0 bridgehead atoms. The largest absolute Gasteiger partial charge is 0.312 e. The average Bonchev–Trinajstić information content (AvgIpc) is 2.43. The van der Waals surface area contributed by atoms with Crippen molar-refractivity contribution < 1.29 is 0 Å². The summed E-state index contributed by atoms with van der Waals surface area (Å²) in [5, 5.41) is 3.73. The molecule has 1 aromatic carbocycles. The molecule has 0 aliphatic heterocycles. The van der Waals surface area contributed by atoms with Gasteiger partial charge in [0.05, 0.1) is 0 Å². The van der Waals surface area contributed by atoms with Crippen LogP contribution in [0, 0.1) is 3.57 Å². The predicted octanol–water partition coefficient (Wildman–Crippen LogP) is 3.93. The van der Waals surface area contributed by atoms with Gasteiger partial charge in [0.25, 0.3) is 0 Å². The highest BCUT2D eigenvalue weighted by Gasteiger charge is 2.37. The molecule has 0 spiro atoms. The molecule has 0 aliphatic carbocycles. The molecule has 1 aromatic rings. The number of benzene rings is 1. The van der Waals surface area contributed by atoms with Crippen molar-refractivity contribution in [3.05, 3.63) is 33.4 Å². The molecule has 20 heavy (non-hydrogen) atoms. The summed E-state index contributed by atoms with van der Waals surface area (Å²) >= 11 is 2.36. The van der Waals surface area contributed by atoms with Gasteiger partial charge in [-0.2, -0.15) is 0 Å². The Balaban J connectivity index is 2.99. The van der Waals surface area contributed by atoms with Crippen molar-refractivity contribution in [3.63, 3.8) is 0 Å². The maximum atomic E-state index is 3.73. The molecule has 1 unspecified atom stereocenters. The topological polar surface area (TPSA) is 15.3 Å². The van der Waals surface area contributed by atoms with Crippen molar-refractivity contribution in [2.24, 2.45) is 0 Å². The summed E-state index contributed by atoms with van der Waals surface area (Å²) < 4.78 is 1.30. The van der Waals surface area contributed by atoms with Crippen molar-refractivity contribution in [2.45, 2.75) is 51.6 Å². The van der Waals surface area contributed by atoms with Crippen LogP contribution in [0.15, 0.2) is 24.3 Å². The molecule has 3 heteroatoms. The molecule has 114 valence electrons. The summed E-state index contributed by atoms with van der Waals surface area (Å²) in [4.78, 5) is 2.41. The maximum Gasteiger partial charge on any atom is 0.0354 e. The van der Waals surface area contributed by atoms with Crippen LogP contribution >= 0.6 is 22.6 Å². The van der Waals surface area contributed by atoms with Crippen LogP contribution in [-0.4, -0.2) is 37.1 Å². The molecule has 0 aromatic heterocycles. The molecule has 2 nitrogen and oxygen atoms in total. The minimum Gasteiger partial charge on any atom is -0.312 e. The van der Waals surface area contributed by atoms with Crippen molar-refractivity contribution in [3.8, 4) is 0 Å². The first kappa shape index (κ1) is 17.9. The highest BCUT2D eigenvalue weighted by atomic mass is 127. The van der Waals surface area contributed by atoms with E-state index in [1.54, 1.807) is 0 Å². The zero-order chi connectivity index (χ0) is 15.2. The molecular weight excluding hydrogens is 359 g/mol. The lowest BCUT2D eigenvalue weighted by molar-refractivity contribution is 0.0889. The molecule has 0 aliphatic rings. The van der Waals surface area contributed by atoms with Gasteiger partial charge in [-0.05, 0) is 80.2 Å². The molecule has 1 atom stereocenters. The van der Waals surface area contributed by atoms with E-state index in [4.69, 9.17) is 0 Å². The second kappa shape index (κ2) is 8.35. The second-order valence-electron chi connectivity index (χ2n) is 5.65. The monoisotopic (exact) mass is 388 g/mol. The van der Waals surface area contributed by atoms with Gasteiger partial charge in [0.1, 0.15) is 0 Å². The Bertz CT molecular complexity index is 382. The van der Waals surface area contributed by atoms with E-state index in [1.807, 2.05) is 0 Å². The van der Waals surface area contributed by atoms with E-state index in [2.05, 4.69) is 91.9 Å². The third kappa shape index (κ3) is 4.18. The van der Waals surface area contributed by atoms with E-state index in [1.165, 1.54) is 22.0 Å². The van der Waals surface area contributed by atoms with Gasteiger partial charge >= 0.3 is 0 Å². The molecular formula is C17H29IN2. The zero-order valence-electron chi connectivity index (χ0n) is 13.5. The van der Waals surface area contributed by atoms with Crippen LogP contribution < -0.4 is 5.32 Å². The van der Waals surface area contributed by atoms with Gasteiger partial charge in [-0.3, -0.25) is 0 Å². The maximum absolute atomic E-state index is 3.73. The molecule has 0 saturated heterocycles. The van der Waals surface area contributed by atoms with Gasteiger partial charge < -0.3 is 10.2 Å². The normalized spacial score (nSPS) is 13.8. The number of nitrogens with zero attached hydrogens (tertiary/aromatic N) is 1. The predicted molar refractivity (Wildman–Crippen MR) is 97.3 cm³/mol. The summed E-state index contributed by atoms with van der Waals surface area (Å²) in [5.41, 5.74) is 1.64. The Morgan fingerprint density at radius 1 is 1.10 bits per heavy atom. The third-order valence-corrected chi connectivity index (χ3v) is 5.29. The summed E-state index contributed by atoms with van der Waals surface area (Å²) in [6.45, 7) is 7.83. The van der Waals surface area contributed by atoms with Crippen LogP contribution in [0.3, 0.4) is 0 Å². The van der Waals surface area contributed by atoms with Gasteiger partial charge in [0, 0.05) is 15.2 Å². The smallest absolute Gasteiger partial charge is 0.0354 e. The Morgan fingerprint density at radius 2 is 1.65 bits per heavy atom. The summed E-state index contributed by atoms with van der Waals surface area (Å²) in [6.07, 6.45) is 3.42. The lowest BCUT2D eigenvalue weighted by Crippen LogP contribution is -2.59. The lowest BCUT2D eigenvalue weighted by atomic mass is 9.80. The highest BCUT2D eigenvalue weighted by Crippen LogP contribution is 2.28. The first-order chi connectivity index (χ1) is 9.50. The Labute approximate surface area is 138 Å². The van der Waals surface area contributed by atoms with Crippen LogP contribution in [0.5, 0.6) is 0 Å². The van der Waals surface area contributed by atoms with E-state index in [0.717, 1.165) is 13.0 Å². The summed E-state index contributed by atoms with van der Waals surface area (Å²) in [5.74, 6) is 0. The fourth-order valence-corrected chi connectivity index (χ4v) is 3.60. The number of rotatable bonds is 8. The fourth-order valence-electron chi connectivity index (χ4n) is 3.24. The minimum absolute atomic E-state index is 0.221. The number of hydrogen-bond acceptors (Lipinski definition) is 2. The Hall–Kier alpha value is -0.130. The first-order valence-electron chi connectivity index (χ1n) is 7.65. The first-order valence-corrected chi connectivity index (χ1v) is 8.73. The molecule has 0 amide bonds. The summed E-state index contributed by atoms with van der Waals surface area (Å²) in [6, 6.07) is 9.41. The van der Waals surface area contributed by atoms with E-state index in [-0.39, 0.29) is 5.54 Å². The Morgan fingerprint density at radius 3 is 2.05 bits per heavy atom. The Kier molecular flexibility index (Phi) is 7.48. The quantitative estimate of drug-likeness (QED) is 0.679. The van der Waals surface area contributed by atoms with Crippen molar-refractivity contribution in [2.75, 3.05) is 20.6 Å². The molecule has 1 rings (SSSR count). The summed E-state index contributed by atoms with van der Waals surface area (Å²) in [7, 11) is 4.43. The molecule has 1 N–H and O–H groups in total. The SMILES string of the molecule is CCNC(Cc1ccc(I)cc1)C(CC)(CC)N(C)C. The van der Waals surface area contributed by atoms with Crippen molar-refractivity contribution in [1.82, 2.24) is 10.2 Å². The third-order valence-electron chi connectivity index (χ3n) is 4.57. The highest BCUT2D eigenvalue weighted by molar-refractivity contribution is 14.1. The van der Waals surface area contributed by atoms with E-state index in [0.29, 0.717) is 6.04 Å². The van der Waals surface area contributed by atoms with E-state index < -0.39 is 0 Å². The lowest BCUT2D eigenvalue weighted by Gasteiger charge is -2.45. The van der Waals surface area contributed by atoms with Gasteiger partial charge in [-0.15, -0.1) is 0 Å². The molecule has 0 fully saturated rings. The number of halogens is 1. The van der Waals surface area contributed by atoms with Crippen LogP contribution in [0.4, 0.5) is 0 Å². The number of likely N-dealkylation sites (N-methyl/N-ethyl adjacent to an activating group) is 2. The van der Waals surface area contributed by atoms with Crippen LogP contribution in [0.1, 0.15) is 39.2 Å². The van der Waals surface area contributed by atoms with Gasteiger partial charge in [0.15, 0.2) is 0 Å². The number of nitrogens with one attached hydrogen (secondary N) is 1. The van der Waals surface area contributed by atoms with Crippen LogP contribution in [0.25, 0.3) is 0 Å². The van der Waals surface area contributed by atoms with Crippen LogP contribution in [0.2, 0.25) is 0 Å².